The third-order valence-corrected chi connectivity index (χ3v) is 6.57. The van der Waals surface area contributed by atoms with Crippen LogP contribution >= 0.6 is 11.6 Å². The van der Waals surface area contributed by atoms with Crippen molar-refractivity contribution in [3.05, 3.63) is 64.4 Å². The van der Waals surface area contributed by atoms with Gasteiger partial charge >= 0.3 is 6.18 Å². The number of carbonyl (C=O) groups excluding carboxylic acids is 2. The number of likely N-dealkylation sites (N-methyl/N-ethyl adjacent to an activating group) is 1. The van der Waals surface area contributed by atoms with Crippen molar-refractivity contribution in [3.8, 4) is 0 Å². The Morgan fingerprint density at radius 2 is 1.71 bits per heavy atom. The van der Waals surface area contributed by atoms with Crippen LogP contribution in [0.4, 0.5) is 23.2 Å². The van der Waals surface area contributed by atoms with Gasteiger partial charge in [0.1, 0.15) is 18.4 Å². The van der Waals surface area contributed by atoms with E-state index in [1.165, 1.54) is 19.2 Å². The minimum atomic E-state index is -4.78. The highest BCUT2D eigenvalue weighted by molar-refractivity contribution is 7.92. The first-order chi connectivity index (χ1) is 16.2. The van der Waals surface area contributed by atoms with E-state index in [2.05, 4.69) is 5.32 Å². The van der Waals surface area contributed by atoms with E-state index >= 15 is 0 Å². The molecule has 2 rings (SSSR count). The number of carbonyl (C=O) groups is 2. The number of nitrogens with one attached hydrogen (secondary N) is 1. The van der Waals surface area contributed by atoms with Gasteiger partial charge in [-0.2, -0.15) is 13.2 Å². The Labute approximate surface area is 205 Å². The standard InChI is InChI=1S/C22H24ClF4N3O4S/c1-4-18(21(32)28-2)29(12-14-5-8-16(24)9-6-14)20(31)13-30(35(3,33)34)19-11-15(22(25,26)27)7-10-17(19)23/h5-11,18H,4,12-13H2,1-3H3,(H,28,32)/t18-/m1/s1. The number of nitrogens with zero attached hydrogens (tertiary/aromatic N) is 2. The highest BCUT2D eigenvalue weighted by atomic mass is 35.5. The zero-order valence-electron chi connectivity index (χ0n) is 19.1. The van der Waals surface area contributed by atoms with Crippen LogP contribution in [0, 0.1) is 5.82 Å². The van der Waals surface area contributed by atoms with Gasteiger partial charge in [0.15, 0.2) is 0 Å². The molecule has 2 amide bonds. The average Bonchev–Trinajstić information content (AvgIpc) is 2.77. The lowest BCUT2D eigenvalue weighted by molar-refractivity contribution is -0.140. The second kappa shape index (κ2) is 11.3. The van der Waals surface area contributed by atoms with Gasteiger partial charge in [-0.05, 0) is 42.3 Å². The number of sulfonamides is 1. The molecule has 0 heterocycles. The third-order valence-electron chi connectivity index (χ3n) is 5.12. The van der Waals surface area contributed by atoms with Crippen molar-refractivity contribution in [2.24, 2.45) is 0 Å². The number of halogens is 5. The van der Waals surface area contributed by atoms with Crippen molar-refractivity contribution >= 4 is 39.1 Å². The second-order valence-electron chi connectivity index (χ2n) is 7.62. The van der Waals surface area contributed by atoms with Crippen molar-refractivity contribution < 1.29 is 35.6 Å². The van der Waals surface area contributed by atoms with Crippen molar-refractivity contribution in [3.63, 3.8) is 0 Å². The third kappa shape index (κ3) is 7.31. The van der Waals surface area contributed by atoms with Crippen LogP contribution in [0.3, 0.4) is 0 Å². The number of anilines is 1. The molecule has 2 aromatic rings. The molecule has 0 fully saturated rings. The van der Waals surface area contributed by atoms with Gasteiger partial charge in [0, 0.05) is 13.6 Å². The summed E-state index contributed by atoms with van der Waals surface area (Å²) in [4.78, 5) is 26.9. The first-order valence-corrected chi connectivity index (χ1v) is 12.5. The van der Waals surface area contributed by atoms with Crippen LogP contribution in [-0.4, -0.2) is 51.0 Å². The molecule has 0 aliphatic heterocycles. The molecule has 0 aliphatic rings. The molecule has 0 bridgehead atoms. The lowest BCUT2D eigenvalue weighted by Gasteiger charge is -2.32. The lowest BCUT2D eigenvalue weighted by atomic mass is 10.1. The van der Waals surface area contributed by atoms with Crippen LogP contribution in [0.25, 0.3) is 0 Å². The van der Waals surface area contributed by atoms with Crippen LogP contribution in [0.5, 0.6) is 0 Å². The van der Waals surface area contributed by atoms with Crippen molar-refractivity contribution in [2.45, 2.75) is 32.1 Å². The van der Waals surface area contributed by atoms with Gasteiger partial charge in [-0.15, -0.1) is 0 Å². The highest BCUT2D eigenvalue weighted by Gasteiger charge is 2.35. The maximum absolute atomic E-state index is 13.4. The zero-order chi connectivity index (χ0) is 26.6. The van der Waals surface area contributed by atoms with Crippen molar-refractivity contribution in [1.82, 2.24) is 10.2 Å². The van der Waals surface area contributed by atoms with Gasteiger partial charge in [0.2, 0.25) is 21.8 Å². The van der Waals surface area contributed by atoms with Crippen LogP contribution in [-0.2, 0) is 32.3 Å². The number of benzene rings is 2. The van der Waals surface area contributed by atoms with Gasteiger partial charge in [-0.25, -0.2) is 12.8 Å². The van der Waals surface area contributed by atoms with E-state index in [-0.39, 0.29) is 18.0 Å². The summed E-state index contributed by atoms with van der Waals surface area (Å²) in [5.41, 5.74) is -1.24. The summed E-state index contributed by atoms with van der Waals surface area (Å²) in [6, 6.07) is 6.18. The zero-order valence-corrected chi connectivity index (χ0v) is 20.6. The molecule has 2 aromatic carbocycles. The molecule has 13 heteroatoms. The van der Waals surface area contributed by atoms with E-state index in [9.17, 15) is 35.6 Å². The van der Waals surface area contributed by atoms with Crippen molar-refractivity contribution in [2.75, 3.05) is 24.2 Å². The van der Waals surface area contributed by atoms with Crippen LogP contribution in [0.15, 0.2) is 42.5 Å². The first-order valence-electron chi connectivity index (χ1n) is 10.3. The minimum absolute atomic E-state index is 0.149. The van der Waals surface area contributed by atoms with Crippen molar-refractivity contribution in [1.29, 1.82) is 0 Å². The van der Waals surface area contributed by atoms with E-state index in [4.69, 9.17) is 11.6 Å². The molecule has 1 atom stereocenters. The Kier molecular flexibility index (Phi) is 9.12. The largest absolute Gasteiger partial charge is 0.416 e. The van der Waals surface area contributed by atoms with E-state index in [1.54, 1.807) is 6.92 Å². The van der Waals surface area contributed by atoms with Gasteiger partial charge in [0.05, 0.1) is 22.5 Å². The number of amides is 2. The van der Waals surface area contributed by atoms with E-state index in [0.29, 0.717) is 22.0 Å². The van der Waals surface area contributed by atoms with Gasteiger partial charge < -0.3 is 10.2 Å². The van der Waals surface area contributed by atoms with Gasteiger partial charge in [-0.3, -0.25) is 13.9 Å². The molecule has 7 nitrogen and oxygen atoms in total. The topological polar surface area (TPSA) is 86.8 Å². The summed E-state index contributed by atoms with van der Waals surface area (Å²) in [5.74, 6) is -1.93. The summed E-state index contributed by atoms with van der Waals surface area (Å²) >= 11 is 6.02. The molecule has 0 aliphatic carbocycles. The fourth-order valence-electron chi connectivity index (χ4n) is 3.35. The van der Waals surface area contributed by atoms with Crippen LogP contribution in [0.1, 0.15) is 24.5 Å². The summed E-state index contributed by atoms with van der Waals surface area (Å²) in [6.07, 6.45) is -3.92. The molecule has 0 saturated carbocycles. The smallest absolute Gasteiger partial charge is 0.357 e. The summed E-state index contributed by atoms with van der Waals surface area (Å²) in [7, 11) is -2.93. The Balaban J connectivity index is 2.52. The summed E-state index contributed by atoms with van der Waals surface area (Å²) in [6.45, 7) is 0.524. The number of hydrogen-bond donors (Lipinski definition) is 1. The monoisotopic (exact) mass is 537 g/mol. The van der Waals surface area contributed by atoms with E-state index < -0.39 is 57.7 Å². The summed E-state index contributed by atoms with van der Waals surface area (Å²) in [5, 5.41) is 2.10. The maximum atomic E-state index is 13.4. The number of hydrogen-bond acceptors (Lipinski definition) is 4. The molecule has 1 N–H and O–H groups in total. The Morgan fingerprint density at radius 3 is 2.20 bits per heavy atom. The van der Waals surface area contributed by atoms with E-state index in [0.717, 1.165) is 29.4 Å². The van der Waals surface area contributed by atoms with Crippen LogP contribution < -0.4 is 9.62 Å². The minimum Gasteiger partial charge on any atom is -0.357 e. The molecule has 0 radical (unpaired) electrons. The molecule has 0 spiro atoms. The predicted molar refractivity (Wildman–Crippen MR) is 124 cm³/mol. The molecule has 0 aromatic heterocycles. The Bertz CT molecular complexity index is 1170. The predicted octanol–water partition coefficient (Wildman–Crippen LogP) is 3.82. The quantitative estimate of drug-likeness (QED) is 0.493. The molecular formula is C22H24ClF4N3O4S. The fraction of sp³-hybridized carbons (Fsp3) is 0.364. The molecule has 35 heavy (non-hydrogen) atoms. The Morgan fingerprint density at radius 1 is 1.11 bits per heavy atom. The van der Waals surface area contributed by atoms with E-state index in [1.807, 2.05) is 0 Å². The second-order valence-corrected chi connectivity index (χ2v) is 9.93. The lowest BCUT2D eigenvalue weighted by Crippen LogP contribution is -2.51. The number of alkyl halides is 3. The Hall–Kier alpha value is -2.86. The molecule has 0 saturated heterocycles. The normalized spacial score (nSPS) is 12.7. The molecular weight excluding hydrogens is 514 g/mol. The molecule has 0 unspecified atom stereocenters. The fourth-order valence-corrected chi connectivity index (χ4v) is 4.47. The highest BCUT2D eigenvalue weighted by Crippen LogP contribution is 2.36. The van der Waals surface area contributed by atoms with Crippen LogP contribution in [0.2, 0.25) is 5.02 Å². The average molecular weight is 538 g/mol. The first kappa shape index (κ1) is 28.4. The number of rotatable bonds is 9. The maximum Gasteiger partial charge on any atom is 0.416 e. The SMILES string of the molecule is CC[C@H](C(=O)NC)N(Cc1ccc(F)cc1)C(=O)CN(c1cc(C(F)(F)F)ccc1Cl)S(C)(=O)=O. The van der Waals surface area contributed by atoms with Gasteiger partial charge in [0.25, 0.3) is 0 Å². The van der Waals surface area contributed by atoms with Gasteiger partial charge in [-0.1, -0.05) is 30.7 Å². The summed E-state index contributed by atoms with van der Waals surface area (Å²) < 4.78 is 78.6. The molecule has 192 valence electrons.